The molecule has 1 aromatic rings. The number of non-ortho nitro benzene ring substituents is 1. The van der Waals surface area contributed by atoms with Crippen LogP contribution in [0, 0.1) is 21.4 Å². The van der Waals surface area contributed by atoms with Crippen molar-refractivity contribution < 1.29 is 22.9 Å². The van der Waals surface area contributed by atoms with Gasteiger partial charge in [-0.1, -0.05) is 6.42 Å². The minimum atomic E-state index is -3.34. The minimum Gasteiger partial charge on any atom is -0.466 e. The molecule has 1 saturated carbocycles. The van der Waals surface area contributed by atoms with Gasteiger partial charge in [0.1, 0.15) is 0 Å². The zero-order valence-corrected chi connectivity index (χ0v) is 17.5. The molecule has 3 rings (SSSR count). The van der Waals surface area contributed by atoms with Gasteiger partial charge < -0.3 is 9.64 Å². The topological polar surface area (TPSA) is 107 Å². The molecule has 160 valence electrons. The molecule has 1 unspecified atom stereocenters. The number of anilines is 1. The number of rotatable bonds is 9. The van der Waals surface area contributed by atoms with Crippen molar-refractivity contribution in [2.75, 3.05) is 36.1 Å². The number of hydrogen-bond acceptors (Lipinski definition) is 7. The summed E-state index contributed by atoms with van der Waals surface area (Å²) in [5.41, 5.74) is 0.133. The molecule has 0 spiro atoms. The van der Waals surface area contributed by atoms with Gasteiger partial charge in [0.15, 0.2) is 9.84 Å². The first-order valence-electron chi connectivity index (χ1n) is 10.1. The first-order chi connectivity index (χ1) is 13.7. The van der Waals surface area contributed by atoms with E-state index in [-0.39, 0.29) is 35.7 Å². The van der Waals surface area contributed by atoms with Crippen LogP contribution in [0.3, 0.4) is 0 Å². The SMILES string of the molecule is CCOC(=O)C1(CS(=O)(=O)CCC2CCN(c3ccc([N+](=O)[O-])cc3)C2)CCC1. The predicted molar refractivity (Wildman–Crippen MR) is 110 cm³/mol. The first kappa shape index (κ1) is 21.5. The molecule has 1 saturated heterocycles. The summed E-state index contributed by atoms with van der Waals surface area (Å²) in [5.74, 6) is -0.162. The quantitative estimate of drug-likeness (QED) is 0.341. The zero-order valence-electron chi connectivity index (χ0n) is 16.7. The number of carbonyl (C=O) groups is 1. The van der Waals surface area contributed by atoms with E-state index >= 15 is 0 Å². The smallest absolute Gasteiger partial charge is 0.313 e. The van der Waals surface area contributed by atoms with Gasteiger partial charge in [-0.15, -0.1) is 0 Å². The second-order valence-corrected chi connectivity index (χ2v) is 10.3. The highest BCUT2D eigenvalue weighted by molar-refractivity contribution is 7.91. The summed E-state index contributed by atoms with van der Waals surface area (Å²) in [5, 5.41) is 10.8. The molecule has 29 heavy (non-hydrogen) atoms. The Kier molecular flexibility index (Phi) is 6.45. The van der Waals surface area contributed by atoms with Crippen LogP contribution in [0.5, 0.6) is 0 Å². The van der Waals surface area contributed by atoms with Crippen LogP contribution in [0.1, 0.15) is 39.0 Å². The van der Waals surface area contributed by atoms with Crippen LogP contribution in [0.4, 0.5) is 11.4 Å². The van der Waals surface area contributed by atoms with Gasteiger partial charge in [0.25, 0.3) is 5.69 Å². The monoisotopic (exact) mass is 424 g/mol. The van der Waals surface area contributed by atoms with Crippen molar-refractivity contribution in [1.82, 2.24) is 0 Å². The van der Waals surface area contributed by atoms with Crippen LogP contribution in [-0.2, 0) is 19.4 Å². The Morgan fingerprint density at radius 3 is 2.55 bits per heavy atom. The second kappa shape index (κ2) is 8.69. The summed E-state index contributed by atoms with van der Waals surface area (Å²) in [6.45, 7) is 3.53. The van der Waals surface area contributed by atoms with Crippen molar-refractivity contribution >= 4 is 27.2 Å². The van der Waals surface area contributed by atoms with E-state index < -0.39 is 20.2 Å². The molecule has 0 bridgehead atoms. The molecule has 2 fully saturated rings. The Morgan fingerprint density at radius 2 is 2.00 bits per heavy atom. The molecule has 0 N–H and O–H groups in total. The van der Waals surface area contributed by atoms with Crippen LogP contribution >= 0.6 is 0 Å². The van der Waals surface area contributed by atoms with E-state index in [1.807, 2.05) is 0 Å². The normalized spacial score (nSPS) is 20.9. The number of esters is 1. The lowest BCUT2D eigenvalue weighted by atomic mass is 9.70. The highest BCUT2D eigenvalue weighted by atomic mass is 32.2. The predicted octanol–water partition coefficient (Wildman–Crippen LogP) is 2.96. The molecule has 0 radical (unpaired) electrons. The summed E-state index contributed by atoms with van der Waals surface area (Å²) >= 11 is 0. The summed E-state index contributed by atoms with van der Waals surface area (Å²) in [7, 11) is -3.34. The molecule has 1 aromatic carbocycles. The van der Waals surface area contributed by atoms with Gasteiger partial charge in [0, 0.05) is 30.9 Å². The highest BCUT2D eigenvalue weighted by Crippen LogP contribution is 2.43. The van der Waals surface area contributed by atoms with Crippen LogP contribution in [0.15, 0.2) is 24.3 Å². The number of carbonyl (C=O) groups excluding carboxylic acids is 1. The van der Waals surface area contributed by atoms with E-state index in [2.05, 4.69) is 4.90 Å². The van der Waals surface area contributed by atoms with Crippen molar-refractivity contribution in [1.29, 1.82) is 0 Å². The van der Waals surface area contributed by atoms with E-state index in [1.165, 1.54) is 12.1 Å². The third-order valence-electron chi connectivity index (χ3n) is 6.06. The maximum absolute atomic E-state index is 12.7. The van der Waals surface area contributed by atoms with E-state index in [4.69, 9.17) is 4.74 Å². The summed E-state index contributed by atoms with van der Waals surface area (Å²) in [4.78, 5) is 24.7. The molecular weight excluding hydrogens is 396 g/mol. The van der Waals surface area contributed by atoms with Crippen LogP contribution in [0.2, 0.25) is 0 Å². The van der Waals surface area contributed by atoms with Crippen molar-refractivity contribution in [2.24, 2.45) is 11.3 Å². The molecule has 0 amide bonds. The Labute approximate surface area is 171 Å². The third kappa shape index (κ3) is 5.07. The van der Waals surface area contributed by atoms with Gasteiger partial charge in [-0.05, 0) is 50.7 Å². The first-order valence-corrected chi connectivity index (χ1v) is 11.9. The fourth-order valence-electron chi connectivity index (χ4n) is 4.22. The van der Waals surface area contributed by atoms with Crippen LogP contribution in [0.25, 0.3) is 0 Å². The summed E-state index contributed by atoms with van der Waals surface area (Å²) in [6.07, 6.45) is 3.48. The van der Waals surface area contributed by atoms with Crippen LogP contribution in [-0.4, -0.2) is 50.5 Å². The summed E-state index contributed by atoms with van der Waals surface area (Å²) in [6, 6.07) is 6.44. The van der Waals surface area contributed by atoms with Crippen molar-refractivity contribution in [3.8, 4) is 0 Å². The molecule has 1 aliphatic carbocycles. The number of nitro benzene ring substituents is 1. The molecule has 1 atom stereocenters. The summed E-state index contributed by atoms with van der Waals surface area (Å²) < 4.78 is 30.5. The number of hydrogen-bond donors (Lipinski definition) is 0. The molecule has 9 heteroatoms. The molecule has 8 nitrogen and oxygen atoms in total. The number of nitro groups is 1. The van der Waals surface area contributed by atoms with Crippen molar-refractivity contribution in [3.63, 3.8) is 0 Å². The van der Waals surface area contributed by atoms with Gasteiger partial charge >= 0.3 is 5.97 Å². The lowest BCUT2D eigenvalue weighted by Crippen LogP contribution is -2.45. The number of ether oxygens (including phenoxy) is 1. The standard InChI is InChI=1S/C20H28N2O6S/c1-2-28-19(23)20(10-3-11-20)15-29(26,27)13-9-16-8-12-21(14-16)17-4-6-18(7-5-17)22(24)25/h4-7,16H,2-3,8-15H2,1H3. The second-order valence-electron chi connectivity index (χ2n) is 8.11. The molecular formula is C20H28N2O6S. The number of nitrogens with zero attached hydrogens (tertiary/aromatic N) is 2. The van der Waals surface area contributed by atoms with Gasteiger partial charge in [-0.25, -0.2) is 8.42 Å². The molecule has 1 aliphatic heterocycles. The van der Waals surface area contributed by atoms with Crippen molar-refractivity contribution in [2.45, 2.75) is 39.0 Å². The Bertz CT molecular complexity index is 848. The fraction of sp³-hybridized carbons (Fsp3) is 0.650. The zero-order chi connectivity index (χ0) is 21.1. The minimum absolute atomic E-state index is 0.0575. The average Bonchev–Trinajstić information content (AvgIpc) is 3.12. The fourth-order valence-corrected chi connectivity index (χ4v) is 6.31. The largest absolute Gasteiger partial charge is 0.466 e. The Hall–Kier alpha value is -2.16. The highest BCUT2D eigenvalue weighted by Gasteiger charge is 2.48. The van der Waals surface area contributed by atoms with E-state index in [0.29, 0.717) is 19.3 Å². The maximum Gasteiger partial charge on any atom is 0.313 e. The van der Waals surface area contributed by atoms with E-state index in [0.717, 1.165) is 31.6 Å². The van der Waals surface area contributed by atoms with Gasteiger partial charge in [0.2, 0.25) is 0 Å². The molecule has 0 aromatic heterocycles. The number of benzene rings is 1. The average molecular weight is 425 g/mol. The van der Waals surface area contributed by atoms with E-state index in [9.17, 15) is 23.3 Å². The third-order valence-corrected chi connectivity index (χ3v) is 7.91. The van der Waals surface area contributed by atoms with Crippen molar-refractivity contribution in [3.05, 3.63) is 34.4 Å². The Balaban J connectivity index is 1.52. The molecule has 2 aliphatic rings. The molecule has 1 heterocycles. The van der Waals surface area contributed by atoms with E-state index in [1.54, 1.807) is 19.1 Å². The van der Waals surface area contributed by atoms with Gasteiger partial charge in [-0.3, -0.25) is 14.9 Å². The van der Waals surface area contributed by atoms with Gasteiger partial charge in [0.05, 0.1) is 28.5 Å². The lowest BCUT2D eigenvalue weighted by Gasteiger charge is -2.38. The lowest BCUT2D eigenvalue weighted by molar-refractivity contribution is -0.384. The maximum atomic E-state index is 12.7. The number of sulfone groups is 1. The van der Waals surface area contributed by atoms with Gasteiger partial charge in [-0.2, -0.15) is 0 Å². The Morgan fingerprint density at radius 1 is 1.31 bits per heavy atom. The van der Waals surface area contributed by atoms with Crippen LogP contribution < -0.4 is 4.90 Å².